The molecule has 1 aliphatic rings. The van der Waals surface area contributed by atoms with Crippen LogP contribution in [0.5, 0.6) is 0 Å². The van der Waals surface area contributed by atoms with E-state index in [9.17, 15) is 16.8 Å². The fourth-order valence-electron chi connectivity index (χ4n) is 3.56. The van der Waals surface area contributed by atoms with E-state index < -0.39 is 19.9 Å². The van der Waals surface area contributed by atoms with Crippen molar-refractivity contribution >= 4 is 36.2 Å². The van der Waals surface area contributed by atoms with Crippen molar-refractivity contribution in [1.82, 2.24) is 0 Å². The third-order valence-electron chi connectivity index (χ3n) is 4.98. The molecule has 0 saturated carbocycles. The van der Waals surface area contributed by atoms with Crippen molar-refractivity contribution in [1.29, 1.82) is 0 Å². The van der Waals surface area contributed by atoms with E-state index in [1.807, 2.05) is 0 Å². The Morgan fingerprint density at radius 1 is 0.724 bits per heavy atom. The molecule has 0 radical (unpaired) electrons. The summed E-state index contributed by atoms with van der Waals surface area (Å²) in [6.07, 6.45) is 4.32. The number of hydrogen-bond donors (Lipinski definition) is 1. The molecule has 0 unspecified atom stereocenters. The molecule has 0 spiro atoms. The first kappa shape index (κ1) is 20.1. The maximum absolute atomic E-state index is 13.5. The largest absolute Gasteiger partial charge is 0.269 e. The van der Waals surface area contributed by atoms with Gasteiger partial charge in [-0.05, 0) is 55.5 Å². The normalized spacial score (nSPS) is 14.8. The van der Waals surface area contributed by atoms with Crippen molar-refractivity contribution in [2.24, 2.45) is 0 Å². The van der Waals surface area contributed by atoms with Crippen LogP contribution < -0.4 is 4.72 Å². The number of nitrogens with one attached hydrogen (secondary N) is 1. The molecule has 5 nitrogen and oxygen atoms in total. The van der Waals surface area contributed by atoms with Crippen LogP contribution in [0.4, 0.5) is 5.00 Å². The highest BCUT2D eigenvalue weighted by atomic mass is 32.2. The lowest BCUT2D eigenvalue weighted by molar-refractivity contribution is 0.595. The SMILES string of the molecule is O=S(=O)(Nc1sc2c(c1S(=O)(=O)c1ccccc1)CCCCC2)c1ccccc1. The Balaban J connectivity index is 1.87. The molecule has 0 saturated heterocycles. The number of fused-ring (bicyclic) bond motifs is 1. The molecule has 2 aromatic carbocycles. The van der Waals surface area contributed by atoms with E-state index in [2.05, 4.69) is 4.72 Å². The Kier molecular flexibility index (Phi) is 5.50. The Morgan fingerprint density at radius 2 is 1.31 bits per heavy atom. The zero-order valence-corrected chi connectivity index (χ0v) is 18.1. The van der Waals surface area contributed by atoms with Gasteiger partial charge in [0.05, 0.1) is 9.79 Å². The molecular formula is C21H21NO4S3. The number of sulfonamides is 1. The zero-order chi connectivity index (χ0) is 20.5. The summed E-state index contributed by atoms with van der Waals surface area (Å²) in [6, 6.07) is 16.2. The predicted octanol–water partition coefficient (Wildman–Crippen LogP) is 4.65. The summed E-state index contributed by atoms with van der Waals surface area (Å²) >= 11 is 1.25. The molecule has 4 rings (SSSR count). The zero-order valence-electron chi connectivity index (χ0n) is 15.7. The van der Waals surface area contributed by atoms with Crippen molar-refractivity contribution in [3.05, 3.63) is 71.1 Å². The monoisotopic (exact) mass is 447 g/mol. The first-order valence-electron chi connectivity index (χ1n) is 9.42. The lowest BCUT2D eigenvalue weighted by Gasteiger charge is -2.11. The Labute approximate surface area is 175 Å². The number of anilines is 1. The minimum Gasteiger partial charge on any atom is -0.269 e. The van der Waals surface area contributed by atoms with E-state index in [0.717, 1.165) is 36.1 Å². The molecule has 8 heteroatoms. The topological polar surface area (TPSA) is 80.3 Å². The average molecular weight is 448 g/mol. The molecule has 1 aromatic heterocycles. The quantitative estimate of drug-likeness (QED) is 0.577. The van der Waals surface area contributed by atoms with E-state index in [1.54, 1.807) is 48.5 Å². The molecule has 0 bridgehead atoms. The summed E-state index contributed by atoms with van der Waals surface area (Å²) in [7, 11) is -7.75. The van der Waals surface area contributed by atoms with Crippen molar-refractivity contribution < 1.29 is 16.8 Å². The van der Waals surface area contributed by atoms with Crippen molar-refractivity contribution in [3.8, 4) is 0 Å². The first-order chi connectivity index (χ1) is 13.9. The minimum atomic E-state index is -3.89. The van der Waals surface area contributed by atoms with Gasteiger partial charge < -0.3 is 0 Å². The summed E-state index contributed by atoms with van der Waals surface area (Å²) in [4.78, 5) is 1.35. The average Bonchev–Trinajstić information content (AvgIpc) is 2.90. The van der Waals surface area contributed by atoms with Gasteiger partial charge in [0.25, 0.3) is 10.0 Å². The highest BCUT2D eigenvalue weighted by Crippen LogP contribution is 2.43. The summed E-state index contributed by atoms with van der Waals surface area (Å²) in [5, 5.41) is 0.185. The maximum Gasteiger partial charge on any atom is 0.262 e. The van der Waals surface area contributed by atoms with Crippen LogP contribution >= 0.6 is 11.3 Å². The molecule has 29 heavy (non-hydrogen) atoms. The molecule has 3 aromatic rings. The van der Waals surface area contributed by atoms with Crippen LogP contribution in [0.25, 0.3) is 0 Å². The maximum atomic E-state index is 13.5. The van der Waals surface area contributed by atoms with Gasteiger partial charge in [-0.3, -0.25) is 4.72 Å². The second-order valence-electron chi connectivity index (χ2n) is 6.96. The molecular weight excluding hydrogens is 426 g/mol. The Bertz CT molecular complexity index is 1220. The summed E-state index contributed by atoms with van der Waals surface area (Å²) in [5.74, 6) is 0. The fraction of sp³-hybridized carbons (Fsp3) is 0.238. The lowest BCUT2D eigenvalue weighted by Crippen LogP contribution is -2.15. The van der Waals surface area contributed by atoms with Crippen LogP contribution in [0, 0.1) is 0 Å². The predicted molar refractivity (Wildman–Crippen MR) is 115 cm³/mol. The van der Waals surface area contributed by atoms with Gasteiger partial charge in [-0.2, -0.15) is 0 Å². The highest BCUT2D eigenvalue weighted by Gasteiger charge is 2.32. The molecule has 1 aliphatic carbocycles. The molecule has 1 N–H and O–H groups in total. The number of sulfone groups is 1. The molecule has 1 heterocycles. The first-order valence-corrected chi connectivity index (χ1v) is 13.2. The van der Waals surface area contributed by atoms with E-state index in [1.165, 1.54) is 23.5 Å². The van der Waals surface area contributed by atoms with Crippen LogP contribution in [-0.2, 0) is 32.7 Å². The van der Waals surface area contributed by atoms with Crippen molar-refractivity contribution in [3.63, 3.8) is 0 Å². The molecule has 0 aliphatic heterocycles. The number of benzene rings is 2. The van der Waals surface area contributed by atoms with Crippen molar-refractivity contribution in [2.45, 2.75) is 46.8 Å². The van der Waals surface area contributed by atoms with Gasteiger partial charge in [0.1, 0.15) is 9.90 Å². The van der Waals surface area contributed by atoms with Crippen LogP contribution in [0.1, 0.15) is 29.7 Å². The number of hydrogen-bond acceptors (Lipinski definition) is 5. The van der Waals surface area contributed by atoms with Crippen LogP contribution in [-0.4, -0.2) is 16.8 Å². The smallest absolute Gasteiger partial charge is 0.262 e. The second kappa shape index (κ2) is 7.93. The highest BCUT2D eigenvalue weighted by molar-refractivity contribution is 7.93. The minimum absolute atomic E-state index is 0.103. The third kappa shape index (κ3) is 3.97. The van der Waals surface area contributed by atoms with Gasteiger partial charge in [-0.15, -0.1) is 11.3 Å². The molecule has 0 atom stereocenters. The Hall–Kier alpha value is -2.16. The number of aryl methyl sites for hydroxylation is 1. The van der Waals surface area contributed by atoms with E-state index in [0.29, 0.717) is 6.42 Å². The van der Waals surface area contributed by atoms with Gasteiger partial charge in [0.15, 0.2) is 0 Å². The number of thiophene rings is 1. The van der Waals surface area contributed by atoms with Crippen LogP contribution in [0.3, 0.4) is 0 Å². The molecule has 152 valence electrons. The standard InChI is InChI=1S/C21H21NO4S3/c23-28(24,16-10-4-1-5-11-16)20-18-14-8-3-9-15-19(18)27-21(20)22-29(25,26)17-12-6-2-7-13-17/h1-2,4-7,10-13,22H,3,8-9,14-15H2. The van der Waals surface area contributed by atoms with Crippen molar-refractivity contribution in [2.75, 3.05) is 4.72 Å². The number of rotatable bonds is 5. The summed E-state index contributed by atoms with van der Waals surface area (Å²) in [6.45, 7) is 0. The van der Waals surface area contributed by atoms with E-state index in [-0.39, 0.29) is 19.7 Å². The molecule has 0 amide bonds. The second-order valence-corrected chi connectivity index (χ2v) is 11.6. The Morgan fingerprint density at radius 3 is 1.97 bits per heavy atom. The van der Waals surface area contributed by atoms with E-state index >= 15 is 0 Å². The fourth-order valence-corrected chi connectivity index (χ4v) is 8.25. The lowest BCUT2D eigenvalue weighted by atomic mass is 10.1. The summed E-state index contributed by atoms with van der Waals surface area (Å²) in [5.41, 5.74) is 0.766. The van der Waals surface area contributed by atoms with Crippen LogP contribution in [0.15, 0.2) is 75.4 Å². The van der Waals surface area contributed by atoms with Gasteiger partial charge in [0, 0.05) is 4.88 Å². The van der Waals surface area contributed by atoms with Gasteiger partial charge >= 0.3 is 0 Å². The molecule has 0 fully saturated rings. The van der Waals surface area contributed by atoms with Gasteiger partial charge in [0.2, 0.25) is 9.84 Å². The summed E-state index contributed by atoms with van der Waals surface area (Å²) < 4.78 is 55.4. The van der Waals surface area contributed by atoms with Crippen LogP contribution in [0.2, 0.25) is 0 Å². The van der Waals surface area contributed by atoms with Gasteiger partial charge in [-0.25, -0.2) is 16.8 Å². The van der Waals surface area contributed by atoms with E-state index in [4.69, 9.17) is 0 Å². The van der Waals surface area contributed by atoms with Gasteiger partial charge in [-0.1, -0.05) is 42.8 Å². The third-order valence-corrected chi connectivity index (χ3v) is 9.69.